The molecule has 1 aliphatic rings. The van der Waals surface area contributed by atoms with Crippen molar-refractivity contribution < 1.29 is 9.53 Å². The molecule has 0 N–H and O–H groups in total. The maximum atomic E-state index is 12.8. The van der Waals surface area contributed by atoms with Gasteiger partial charge in [-0.15, -0.1) is 11.3 Å². The standard InChI is InChI=1S/C17H22N2O3S/c1-4-11(3)22-14(20)8-19-9-18-16-15(17(19)21)12-6-5-10(2)7-13(12)23-16/h9-11H,4-8H2,1-3H3. The molecule has 2 heterocycles. The van der Waals surface area contributed by atoms with E-state index in [-0.39, 0.29) is 24.2 Å². The van der Waals surface area contributed by atoms with Crippen LogP contribution in [-0.2, 0) is 28.9 Å². The molecule has 2 unspecified atom stereocenters. The molecule has 0 bridgehead atoms. The van der Waals surface area contributed by atoms with Crippen LogP contribution in [0.2, 0.25) is 0 Å². The van der Waals surface area contributed by atoms with Gasteiger partial charge >= 0.3 is 5.97 Å². The molecule has 0 saturated carbocycles. The smallest absolute Gasteiger partial charge is 0.326 e. The van der Waals surface area contributed by atoms with Crippen molar-refractivity contribution in [2.75, 3.05) is 0 Å². The van der Waals surface area contributed by atoms with Crippen LogP contribution < -0.4 is 5.56 Å². The molecule has 0 amide bonds. The monoisotopic (exact) mass is 334 g/mol. The van der Waals surface area contributed by atoms with Crippen LogP contribution in [0.15, 0.2) is 11.1 Å². The Labute approximate surface area is 139 Å². The van der Waals surface area contributed by atoms with Crippen LogP contribution >= 0.6 is 11.3 Å². The lowest BCUT2D eigenvalue weighted by Gasteiger charge is -2.17. The lowest BCUT2D eigenvalue weighted by atomic mass is 9.89. The Balaban J connectivity index is 1.93. The number of fused-ring (bicyclic) bond motifs is 3. The van der Waals surface area contributed by atoms with Crippen LogP contribution in [0.1, 0.15) is 44.1 Å². The molecule has 2 aromatic heterocycles. The van der Waals surface area contributed by atoms with E-state index < -0.39 is 0 Å². The van der Waals surface area contributed by atoms with Gasteiger partial charge in [-0.2, -0.15) is 0 Å². The van der Waals surface area contributed by atoms with E-state index in [0.29, 0.717) is 11.3 Å². The summed E-state index contributed by atoms with van der Waals surface area (Å²) in [5.74, 6) is 0.267. The summed E-state index contributed by atoms with van der Waals surface area (Å²) in [5, 5.41) is 0.704. The Hall–Kier alpha value is -1.69. The van der Waals surface area contributed by atoms with Gasteiger partial charge in [0.25, 0.3) is 5.56 Å². The molecule has 6 heteroatoms. The van der Waals surface area contributed by atoms with Crippen LogP contribution in [0.25, 0.3) is 10.2 Å². The van der Waals surface area contributed by atoms with E-state index in [4.69, 9.17) is 4.74 Å². The van der Waals surface area contributed by atoms with E-state index in [1.165, 1.54) is 15.8 Å². The second-order valence-electron chi connectivity index (χ2n) is 6.42. The Bertz CT molecular complexity index is 793. The van der Waals surface area contributed by atoms with Gasteiger partial charge < -0.3 is 4.74 Å². The highest BCUT2D eigenvalue weighted by Gasteiger charge is 2.23. The fourth-order valence-electron chi connectivity index (χ4n) is 2.96. The average Bonchev–Trinajstić information content (AvgIpc) is 2.88. The molecule has 2 aromatic rings. The van der Waals surface area contributed by atoms with Crippen LogP contribution in [0.3, 0.4) is 0 Å². The SMILES string of the molecule is CCC(C)OC(=O)Cn1cnc2sc3c(c2c1=O)CCC(C)C3. The number of ether oxygens (including phenoxy) is 1. The van der Waals surface area contributed by atoms with Gasteiger partial charge in [0.1, 0.15) is 11.4 Å². The van der Waals surface area contributed by atoms with Crippen molar-refractivity contribution >= 4 is 27.5 Å². The zero-order chi connectivity index (χ0) is 16.6. The number of carbonyl (C=O) groups excluding carboxylic acids is 1. The Morgan fingerprint density at radius 2 is 2.35 bits per heavy atom. The van der Waals surface area contributed by atoms with E-state index in [1.54, 1.807) is 11.3 Å². The molecule has 1 aliphatic carbocycles. The molecule has 124 valence electrons. The zero-order valence-corrected chi connectivity index (χ0v) is 14.6. The maximum absolute atomic E-state index is 12.8. The third-order valence-electron chi connectivity index (χ3n) is 4.49. The average molecular weight is 334 g/mol. The minimum Gasteiger partial charge on any atom is -0.461 e. The molecule has 0 aromatic carbocycles. The lowest BCUT2D eigenvalue weighted by Crippen LogP contribution is -2.27. The van der Waals surface area contributed by atoms with Crippen LogP contribution in [0.5, 0.6) is 0 Å². The summed E-state index contributed by atoms with van der Waals surface area (Å²) in [4.78, 5) is 31.2. The number of aromatic nitrogens is 2. The summed E-state index contributed by atoms with van der Waals surface area (Å²) >= 11 is 1.62. The molecule has 0 fully saturated rings. The summed E-state index contributed by atoms with van der Waals surface area (Å²) in [7, 11) is 0. The van der Waals surface area contributed by atoms with Gasteiger partial charge in [-0.05, 0) is 44.1 Å². The van der Waals surface area contributed by atoms with Crippen molar-refractivity contribution in [2.24, 2.45) is 5.92 Å². The quantitative estimate of drug-likeness (QED) is 0.807. The molecule has 0 spiro atoms. The minimum atomic E-state index is -0.389. The highest BCUT2D eigenvalue weighted by atomic mass is 32.1. The third-order valence-corrected chi connectivity index (χ3v) is 5.65. The fraction of sp³-hybridized carbons (Fsp3) is 0.588. The summed E-state index contributed by atoms with van der Waals surface area (Å²) in [6, 6.07) is 0. The number of rotatable bonds is 4. The number of carbonyl (C=O) groups is 1. The number of aryl methyl sites for hydroxylation is 1. The largest absolute Gasteiger partial charge is 0.461 e. The van der Waals surface area contributed by atoms with Crippen LogP contribution in [0.4, 0.5) is 0 Å². The number of nitrogens with zero attached hydrogens (tertiary/aromatic N) is 2. The summed E-state index contributed by atoms with van der Waals surface area (Å²) < 4.78 is 6.63. The van der Waals surface area contributed by atoms with Gasteiger partial charge in [0.15, 0.2) is 0 Å². The van der Waals surface area contributed by atoms with Gasteiger partial charge in [0.2, 0.25) is 0 Å². The third kappa shape index (κ3) is 3.17. The Kier molecular flexibility index (Phi) is 4.53. The van der Waals surface area contributed by atoms with Gasteiger partial charge in [0.05, 0.1) is 17.8 Å². The zero-order valence-electron chi connectivity index (χ0n) is 13.8. The normalized spacial score (nSPS) is 18.7. The van der Waals surface area contributed by atoms with Crippen LogP contribution in [-0.4, -0.2) is 21.6 Å². The van der Waals surface area contributed by atoms with Crippen molar-refractivity contribution in [2.45, 2.75) is 59.1 Å². The number of hydrogen-bond donors (Lipinski definition) is 0. The van der Waals surface area contributed by atoms with E-state index >= 15 is 0 Å². The molecule has 2 atom stereocenters. The summed E-state index contributed by atoms with van der Waals surface area (Å²) in [6.45, 7) is 5.96. The van der Waals surface area contributed by atoms with Crippen molar-refractivity contribution in [3.8, 4) is 0 Å². The first-order valence-electron chi connectivity index (χ1n) is 8.18. The first-order valence-corrected chi connectivity index (χ1v) is 9.00. The van der Waals surface area contributed by atoms with Crippen molar-refractivity contribution in [1.82, 2.24) is 9.55 Å². The highest BCUT2D eigenvalue weighted by molar-refractivity contribution is 7.18. The van der Waals surface area contributed by atoms with E-state index in [0.717, 1.165) is 36.1 Å². The minimum absolute atomic E-state index is 0.0763. The molecule has 3 rings (SSSR count). The van der Waals surface area contributed by atoms with Gasteiger partial charge in [-0.25, -0.2) is 4.98 Å². The molecule has 0 saturated heterocycles. The van der Waals surface area contributed by atoms with E-state index in [1.807, 2.05) is 13.8 Å². The number of thiophene rings is 1. The topological polar surface area (TPSA) is 61.2 Å². The first kappa shape index (κ1) is 16.2. The first-order chi connectivity index (χ1) is 11.0. The Morgan fingerprint density at radius 3 is 3.09 bits per heavy atom. The molecule has 5 nitrogen and oxygen atoms in total. The fourth-order valence-corrected chi connectivity index (χ4v) is 4.30. The van der Waals surface area contributed by atoms with Crippen LogP contribution in [0, 0.1) is 5.92 Å². The molecular weight excluding hydrogens is 312 g/mol. The van der Waals surface area contributed by atoms with Gasteiger partial charge in [-0.3, -0.25) is 14.2 Å². The van der Waals surface area contributed by atoms with Gasteiger partial charge in [0, 0.05) is 4.88 Å². The Morgan fingerprint density at radius 1 is 1.57 bits per heavy atom. The highest BCUT2D eigenvalue weighted by Crippen LogP contribution is 2.35. The van der Waals surface area contributed by atoms with E-state index in [2.05, 4.69) is 11.9 Å². The molecule has 0 radical (unpaired) electrons. The number of hydrogen-bond acceptors (Lipinski definition) is 5. The van der Waals surface area contributed by atoms with Crippen molar-refractivity contribution in [1.29, 1.82) is 0 Å². The summed E-state index contributed by atoms with van der Waals surface area (Å²) in [6.07, 6.45) is 5.14. The van der Waals surface area contributed by atoms with Gasteiger partial charge in [-0.1, -0.05) is 13.8 Å². The van der Waals surface area contributed by atoms with Crippen molar-refractivity contribution in [3.05, 3.63) is 27.1 Å². The lowest BCUT2D eigenvalue weighted by molar-refractivity contribution is -0.149. The second kappa shape index (κ2) is 6.43. The number of esters is 1. The maximum Gasteiger partial charge on any atom is 0.326 e. The predicted octanol–water partition coefficient (Wildman–Crippen LogP) is 2.92. The predicted molar refractivity (Wildman–Crippen MR) is 90.9 cm³/mol. The van der Waals surface area contributed by atoms with E-state index in [9.17, 15) is 9.59 Å². The molecular formula is C17H22N2O3S. The molecule has 0 aliphatic heterocycles. The van der Waals surface area contributed by atoms with Crippen molar-refractivity contribution in [3.63, 3.8) is 0 Å². The summed E-state index contributed by atoms with van der Waals surface area (Å²) in [5.41, 5.74) is 1.02. The second-order valence-corrected chi connectivity index (χ2v) is 7.50. The molecule has 23 heavy (non-hydrogen) atoms.